The van der Waals surface area contributed by atoms with Crippen molar-refractivity contribution in [3.63, 3.8) is 0 Å². The lowest BCUT2D eigenvalue weighted by molar-refractivity contribution is 0.0577. The van der Waals surface area contributed by atoms with E-state index in [9.17, 15) is 9.59 Å². The molecule has 1 aromatic heterocycles. The van der Waals surface area contributed by atoms with Gasteiger partial charge in [-0.25, -0.2) is 4.79 Å². The second-order valence-electron chi connectivity index (χ2n) is 6.90. The number of benzene rings is 1. The van der Waals surface area contributed by atoms with Crippen LogP contribution in [0.1, 0.15) is 43.3 Å². The largest absolute Gasteiger partial charge is 0.453 e. The summed E-state index contributed by atoms with van der Waals surface area (Å²) in [5.41, 5.74) is 2.33. The number of rotatable bonds is 2. The van der Waals surface area contributed by atoms with Crippen LogP contribution >= 0.6 is 0 Å². The summed E-state index contributed by atoms with van der Waals surface area (Å²) >= 11 is 0. The van der Waals surface area contributed by atoms with Crippen LogP contribution in [-0.4, -0.2) is 24.5 Å². The summed E-state index contributed by atoms with van der Waals surface area (Å²) in [6.07, 6.45) is 2.14. The molecule has 5 heteroatoms. The van der Waals surface area contributed by atoms with Crippen molar-refractivity contribution >= 4 is 18.1 Å². The third-order valence-electron chi connectivity index (χ3n) is 3.84. The molecule has 126 valence electrons. The van der Waals surface area contributed by atoms with Crippen LogP contribution in [0.25, 0.3) is 11.3 Å². The van der Waals surface area contributed by atoms with Crippen LogP contribution in [0.4, 0.5) is 10.5 Å². The summed E-state index contributed by atoms with van der Waals surface area (Å²) in [5, 5.41) is 0. The third-order valence-corrected chi connectivity index (χ3v) is 3.84. The van der Waals surface area contributed by atoms with E-state index in [4.69, 9.17) is 9.15 Å². The number of amides is 1. The van der Waals surface area contributed by atoms with Crippen LogP contribution in [0.3, 0.4) is 0 Å². The number of hydrogen-bond acceptors (Lipinski definition) is 4. The SMILES string of the molecule is CC(C)(C)OC(=O)N1CCCc2cc(-c3ccc(C=O)o3)ccc21. The molecule has 2 aromatic rings. The first-order chi connectivity index (χ1) is 11.4. The minimum atomic E-state index is -0.520. The Bertz CT molecular complexity index is 770. The van der Waals surface area contributed by atoms with Crippen molar-refractivity contribution in [3.05, 3.63) is 41.7 Å². The second-order valence-corrected chi connectivity index (χ2v) is 6.90. The lowest BCUT2D eigenvalue weighted by Gasteiger charge is -2.31. The maximum absolute atomic E-state index is 12.4. The molecule has 0 unspecified atom stereocenters. The molecular formula is C19H21NO4. The van der Waals surface area contributed by atoms with Gasteiger partial charge in [-0.2, -0.15) is 0 Å². The van der Waals surface area contributed by atoms with Gasteiger partial charge in [-0.05, 0) is 69.5 Å². The highest BCUT2D eigenvalue weighted by Gasteiger charge is 2.27. The molecule has 0 spiro atoms. The maximum Gasteiger partial charge on any atom is 0.414 e. The zero-order valence-electron chi connectivity index (χ0n) is 14.2. The molecule has 3 rings (SSSR count). The summed E-state index contributed by atoms with van der Waals surface area (Å²) in [6.45, 7) is 6.23. The van der Waals surface area contributed by atoms with Crippen LogP contribution in [0, 0.1) is 0 Å². The standard InChI is InChI=1S/C19H21NO4/c1-19(2,3)24-18(22)20-10-4-5-13-11-14(6-8-16(13)20)17-9-7-15(12-21)23-17/h6-9,11-12H,4-5,10H2,1-3H3. The maximum atomic E-state index is 12.4. The van der Waals surface area contributed by atoms with Crippen LogP contribution in [0.5, 0.6) is 0 Å². The Morgan fingerprint density at radius 1 is 1.25 bits per heavy atom. The van der Waals surface area contributed by atoms with Gasteiger partial charge in [-0.15, -0.1) is 0 Å². The van der Waals surface area contributed by atoms with Gasteiger partial charge in [-0.1, -0.05) is 0 Å². The lowest BCUT2D eigenvalue weighted by Crippen LogP contribution is -2.39. The minimum absolute atomic E-state index is 0.304. The predicted octanol–water partition coefficient (Wildman–Crippen LogP) is 4.45. The summed E-state index contributed by atoms with van der Waals surface area (Å²) in [6, 6.07) is 9.25. The fourth-order valence-corrected chi connectivity index (χ4v) is 2.83. The van der Waals surface area contributed by atoms with Crippen molar-refractivity contribution in [3.8, 4) is 11.3 Å². The Kier molecular flexibility index (Phi) is 4.18. The van der Waals surface area contributed by atoms with Gasteiger partial charge < -0.3 is 9.15 Å². The van der Waals surface area contributed by atoms with Crippen LogP contribution < -0.4 is 4.90 Å². The van der Waals surface area contributed by atoms with E-state index in [-0.39, 0.29) is 6.09 Å². The molecule has 2 heterocycles. The average molecular weight is 327 g/mol. The van der Waals surface area contributed by atoms with E-state index in [1.54, 1.807) is 17.0 Å². The Balaban J connectivity index is 1.89. The molecule has 1 amide bonds. The molecule has 5 nitrogen and oxygen atoms in total. The zero-order chi connectivity index (χ0) is 17.3. The molecule has 0 aliphatic carbocycles. The number of aldehydes is 1. The Hall–Kier alpha value is -2.56. The number of aryl methyl sites for hydroxylation is 1. The molecule has 0 radical (unpaired) electrons. The number of carbonyl (C=O) groups excluding carboxylic acids is 2. The van der Waals surface area contributed by atoms with Gasteiger partial charge in [0.05, 0.1) is 5.69 Å². The Morgan fingerprint density at radius 3 is 2.71 bits per heavy atom. The van der Waals surface area contributed by atoms with E-state index in [1.165, 1.54) is 0 Å². The van der Waals surface area contributed by atoms with Crippen molar-refractivity contribution in [2.75, 3.05) is 11.4 Å². The van der Waals surface area contributed by atoms with Crippen molar-refractivity contribution < 1.29 is 18.7 Å². The normalized spacial score (nSPS) is 14.2. The van der Waals surface area contributed by atoms with E-state index in [0.717, 1.165) is 29.7 Å². The molecule has 1 aliphatic rings. The van der Waals surface area contributed by atoms with Gasteiger partial charge in [0.15, 0.2) is 12.0 Å². The first-order valence-electron chi connectivity index (χ1n) is 8.06. The molecule has 0 fully saturated rings. The predicted molar refractivity (Wildman–Crippen MR) is 91.4 cm³/mol. The molecule has 0 atom stereocenters. The fraction of sp³-hybridized carbons (Fsp3) is 0.368. The van der Waals surface area contributed by atoms with Gasteiger partial charge in [0.2, 0.25) is 0 Å². The summed E-state index contributed by atoms with van der Waals surface area (Å²) < 4.78 is 11.0. The highest BCUT2D eigenvalue weighted by molar-refractivity contribution is 5.90. The number of ether oxygens (including phenoxy) is 1. The van der Waals surface area contributed by atoms with E-state index >= 15 is 0 Å². The van der Waals surface area contributed by atoms with Crippen LogP contribution in [-0.2, 0) is 11.2 Å². The van der Waals surface area contributed by atoms with Gasteiger partial charge in [0.1, 0.15) is 11.4 Å². The third kappa shape index (κ3) is 3.35. The number of anilines is 1. The lowest BCUT2D eigenvalue weighted by atomic mass is 9.98. The molecule has 0 bridgehead atoms. The molecule has 1 aromatic carbocycles. The van der Waals surface area contributed by atoms with E-state index in [1.807, 2.05) is 39.0 Å². The summed E-state index contributed by atoms with van der Waals surface area (Å²) in [4.78, 5) is 24.9. The first kappa shape index (κ1) is 16.3. The molecule has 1 aliphatic heterocycles. The second kappa shape index (κ2) is 6.15. The first-order valence-corrected chi connectivity index (χ1v) is 8.06. The zero-order valence-corrected chi connectivity index (χ0v) is 14.2. The van der Waals surface area contributed by atoms with E-state index in [2.05, 4.69) is 0 Å². The van der Waals surface area contributed by atoms with Crippen molar-refractivity contribution in [2.24, 2.45) is 0 Å². The number of hydrogen-bond donors (Lipinski definition) is 0. The van der Waals surface area contributed by atoms with Crippen LogP contribution in [0.2, 0.25) is 0 Å². The molecule has 0 N–H and O–H groups in total. The van der Waals surface area contributed by atoms with E-state index in [0.29, 0.717) is 24.4 Å². The quantitative estimate of drug-likeness (QED) is 0.765. The highest BCUT2D eigenvalue weighted by Crippen LogP contribution is 2.33. The monoisotopic (exact) mass is 327 g/mol. The minimum Gasteiger partial charge on any atom is -0.453 e. The molecule has 0 saturated heterocycles. The smallest absolute Gasteiger partial charge is 0.414 e. The Labute approximate surface area is 141 Å². The highest BCUT2D eigenvalue weighted by atomic mass is 16.6. The van der Waals surface area contributed by atoms with Crippen LogP contribution in [0.15, 0.2) is 34.7 Å². The van der Waals surface area contributed by atoms with Crippen molar-refractivity contribution in [1.29, 1.82) is 0 Å². The van der Waals surface area contributed by atoms with Gasteiger partial charge in [-0.3, -0.25) is 9.69 Å². The summed E-state index contributed by atoms with van der Waals surface area (Å²) in [5.74, 6) is 0.951. The van der Waals surface area contributed by atoms with Gasteiger partial charge >= 0.3 is 6.09 Å². The fourth-order valence-electron chi connectivity index (χ4n) is 2.83. The molecule has 24 heavy (non-hydrogen) atoms. The van der Waals surface area contributed by atoms with Gasteiger partial charge in [0, 0.05) is 12.1 Å². The number of furan rings is 1. The van der Waals surface area contributed by atoms with Gasteiger partial charge in [0.25, 0.3) is 0 Å². The van der Waals surface area contributed by atoms with E-state index < -0.39 is 5.60 Å². The topological polar surface area (TPSA) is 59.8 Å². The average Bonchev–Trinajstić information content (AvgIpc) is 3.01. The Morgan fingerprint density at radius 2 is 2.04 bits per heavy atom. The molecular weight excluding hydrogens is 306 g/mol. The van der Waals surface area contributed by atoms with Crippen molar-refractivity contribution in [2.45, 2.75) is 39.2 Å². The van der Waals surface area contributed by atoms with Crippen molar-refractivity contribution in [1.82, 2.24) is 0 Å². The molecule has 0 saturated carbocycles. The number of nitrogens with zero attached hydrogens (tertiary/aromatic N) is 1. The number of carbonyl (C=O) groups is 2. The summed E-state index contributed by atoms with van der Waals surface area (Å²) in [7, 11) is 0. The number of fused-ring (bicyclic) bond motifs is 1.